The number of methoxy groups -OCH3 is 2. The number of pyridine rings is 1. The predicted octanol–water partition coefficient (Wildman–Crippen LogP) is 2.79. The Labute approximate surface area is 113 Å². The maximum atomic E-state index is 12.7. The first-order valence-corrected chi connectivity index (χ1v) is 4.99. The first-order valence-electron chi connectivity index (χ1n) is 4.99. The molecule has 0 bridgehead atoms. The molecule has 1 rings (SSSR count). The van der Waals surface area contributed by atoms with Crippen LogP contribution in [0.3, 0.4) is 0 Å². The van der Waals surface area contributed by atoms with Crippen molar-refractivity contribution in [1.29, 1.82) is 0 Å². The first-order chi connectivity index (χ1) is 9.51. The molecule has 5 nitrogen and oxygen atoms in total. The molecule has 0 fully saturated rings. The van der Waals surface area contributed by atoms with Gasteiger partial charge in [0.25, 0.3) is 0 Å². The van der Waals surface area contributed by atoms with Crippen LogP contribution >= 0.6 is 0 Å². The average molecular weight is 319 g/mol. The Kier molecular flexibility index (Phi) is 4.54. The second-order valence-corrected chi connectivity index (χ2v) is 3.42. The van der Waals surface area contributed by atoms with Crippen LogP contribution in [0.5, 0.6) is 11.5 Å². The number of carbonyl (C=O) groups is 1. The van der Waals surface area contributed by atoms with Gasteiger partial charge in [-0.15, -0.1) is 13.2 Å². The summed E-state index contributed by atoms with van der Waals surface area (Å²) >= 11 is 0. The number of nitrogens with zero attached hydrogens (tertiary/aromatic N) is 1. The average Bonchev–Trinajstić information content (AvgIpc) is 2.34. The molecule has 0 N–H and O–H groups in total. The van der Waals surface area contributed by atoms with Gasteiger partial charge in [-0.2, -0.15) is 13.2 Å². The van der Waals surface area contributed by atoms with Crippen LogP contribution in [0.1, 0.15) is 16.1 Å². The van der Waals surface area contributed by atoms with Crippen LogP contribution in [0.25, 0.3) is 0 Å². The summed E-state index contributed by atoms with van der Waals surface area (Å²) in [6.45, 7) is 0. The number of rotatable bonds is 3. The molecule has 11 heteroatoms. The molecule has 1 heterocycles. The summed E-state index contributed by atoms with van der Waals surface area (Å²) in [6, 6.07) is 0. The van der Waals surface area contributed by atoms with Crippen LogP contribution in [-0.4, -0.2) is 31.5 Å². The van der Waals surface area contributed by atoms with Crippen molar-refractivity contribution in [1.82, 2.24) is 4.98 Å². The van der Waals surface area contributed by atoms with Gasteiger partial charge >= 0.3 is 18.5 Å². The zero-order valence-corrected chi connectivity index (χ0v) is 10.4. The van der Waals surface area contributed by atoms with Gasteiger partial charge in [-0.25, -0.2) is 9.78 Å². The fourth-order valence-electron chi connectivity index (χ4n) is 1.35. The van der Waals surface area contributed by atoms with Gasteiger partial charge in [0.05, 0.1) is 20.4 Å². The lowest BCUT2D eigenvalue weighted by atomic mass is 10.1. The Morgan fingerprint density at radius 1 is 1.14 bits per heavy atom. The summed E-state index contributed by atoms with van der Waals surface area (Å²) in [5.41, 5.74) is -3.41. The molecule has 0 spiro atoms. The van der Waals surface area contributed by atoms with Crippen molar-refractivity contribution in [2.75, 3.05) is 14.2 Å². The third-order valence-electron chi connectivity index (χ3n) is 2.09. The highest BCUT2D eigenvalue weighted by Crippen LogP contribution is 2.41. The summed E-state index contributed by atoms with van der Waals surface area (Å²) in [5.74, 6) is -3.98. The molecule has 0 atom stereocenters. The number of esters is 1. The van der Waals surface area contributed by atoms with E-state index in [-0.39, 0.29) is 0 Å². The zero-order chi connectivity index (χ0) is 16.4. The smallest absolute Gasteiger partial charge is 0.491 e. The Morgan fingerprint density at radius 3 is 2.10 bits per heavy atom. The SMILES string of the molecule is COC(=O)c1c(C(F)(F)F)ncc(OC)c1OC(F)(F)F. The Bertz CT molecular complexity index is 540. The number of ether oxygens (including phenoxy) is 3. The highest BCUT2D eigenvalue weighted by molar-refractivity contribution is 5.94. The minimum atomic E-state index is -5.35. The second kappa shape index (κ2) is 5.66. The van der Waals surface area contributed by atoms with E-state index >= 15 is 0 Å². The molecule has 0 saturated heterocycles. The summed E-state index contributed by atoms with van der Waals surface area (Å²) in [4.78, 5) is 14.3. The van der Waals surface area contributed by atoms with Gasteiger partial charge in [-0.1, -0.05) is 0 Å². The van der Waals surface area contributed by atoms with Gasteiger partial charge in [0.1, 0.15) is 5.56 Å². The summed E-state index contributed by atoms with van der Waals surface area (Å²) in [5, 5.41) is 0. The third kappa shape index (κ3) is 3.89. The monoisotopic (exact) mass is 319 g/mol. The molecular formula is C10H7F6NO4. The molecule has 0 aliphatic heterocycles. The van der Waals surface area contributed by atoms with E-state index in [0.29, 0.717) is 13.3 Å². The van der Waals surface area contributed by atoms with E-state index in [9.17, 15) is 31.1 Å². The number of carbonyl (C=O) groups excluding carboxylic acids is 1. The molecule has 21 heavy (non-hydrogen) atoms. The van der Waals surface area contributed by atoms with Crippen molar-refractivity contribution < 1.29 is 45.3 Å². The van der Waals surface area contributed by atoms with Gasteiger partial charge in [-0.3, -0.25) is 0 Å². The molecule has 0 unspecified atom stereocenters. The fourth-order valence-corrected chi connectivity index (χ4v) is 1.35. The largest absolute Gasteiger partial charge is 0.573 e. The first kappa shape index (κ1) is 16.9. The number of aromatic nitrogens is 1. The maximum absolute atomic E-state index is 12.7. The van der Waals surface area contributed by atoms with Gasteiger partial charge in [-0.05, 0) is 0 Å². The lowest BCUT2D eigenvalue weighted by Gasteiger charge is -2.18. The molecule has 0 aliphatic rings. The van der Waals surface area contributed by atoms with E-state index in [4.69, 9.17) is 0 Å². The molecule has 118 valence electrons. The van der Waals surface area contributed by atoms with E-state index < -0.39 is 41.3 Å². The van der Waals surface area contributed by atoms with E-state index in [0.717, 1.165) is 7.11 Å². The number of alkyl halides is 6. The van der Waals surface area contributed by atoms with E-state index in [1.54, 1.807) is 0 Å². The van der Waals surface area contributed by atoms with Crippen molar-refractivity contribution >= 4 is 5.97 Å². The number of hydrogen-bond donors (Lipinski definition) is 0. The molecular weight excluding hydrogens is 312 g/mol. The van der Waals surface area contributed by atoms with E-state index in [2.05, 4.69) is 19.2 Å². The van der Waals surface area contributed by atoms with Gasteiger partial charge < -0.3 is 14.2 Å². The third-order valence-corrected chi connectivity index (χ3v) is 2.09. The predicted molar refractivity (Wildman–Crippen MR) is 53.8 cm³/mol. The van der Waals surface area contributed by atoms with Crippen LogP contribution in [0, 0.1) is 0 Å². The quantitative estimate of drug-likeness (QED) is 0.633. The molecule has 0 aromatic carbocycles. The van der Waals surface area contributed by atoms with E-state index in [1.807, 2.05) is 0 Å². The molecule has 0 saturated carbocycles. The number of hydrogen-bond acceptors (Lipinski definition) is 5. The highest BCUT2D eigenvalue weighted by Gasteiger charge is 2.43. The standard InChI is InChI=1S/C10H7F6NO4/c1-19-4-3-17-7(9(11,12)13)5(8(18)20-2)6(4)21-10(14,15)16/h3H,1-2H3. The molecule has 1 aromatic heterocycles. The van der Waals surface area contributed by atoms with Crippen LogP contribution in [0.2, 0.25) is 0 Å². The lowest BCUT2D eigenvalue weighted by Crippen LogP contribution is -2.23. The Morgan fingerprint density at radius 2 is 1.71 bits per heavy atom. The number of halogens is 6. The Balaban J connectivity index is 3.66. The van der Waals surface area contributed by atoms with Crippen molar-refractivity contribution in [2.45, 2.75) is 12.5 Å². The topological polar surface area (TPSA) is 57.7 Å². The molecule has 1 aromatic rings. The van der Waals surface area contributed by atoms with Crippen LogP contribution in [0.15, 0.2) is 6.20 Å². The van der Waals surface area contributed by atoms with Crippen LogP contribution in [0.4, 0.5) is 26.3 Å². The fraction of sp³-hybridized carbons (Fsp3) is 0.400. The van der Waals surface area contributed by atoms with Crippen molar-refractivity contribution in [3.8, 4) is 11.5 Å². The maximum Gasteiger partial charge on any atom is 0.573 e. The molecule has 0 radical (unpaired) electrons. The minimum absolute atomic E-state index is 0.357. The lowest BCUT2D eigenvalue weighted by molar-refractivity contribution is -0.275. The second-order valence-electron chi connectivity index (χ2n) is 3.42. The molecule has 0 amide bonds. The van der Waals surface area contributed by atoms with Gasteiger partial charge in [0.2, 0.25) is 0 Å². The summed E-state index contributed by atoms with van der Waals surface area (Å²) in [7, 11) is 1.56. The van der Waals surface area contributed by atoms with E-state index in [1.165, 1.54) is 0 Å². The highest BCUT2D eigenvalue weighted by atomic mass is 19.4. The molecule has 0 aliphatic carbocycles. The Hall–Kier alpha value is -2.20. The zero-order valence-electron chi connectivity index (χ0n) is 10.4. The van der Waals surface area contributed by atoms with Gasteiger partial charge in [0.15, 0.2) is 17.2 Å². The van der Waals surface area contributed by atoms with Gasteiger partial charge in [0, 0.05) is 0 Å². The van der Waals surface area contributed by atoms with Crippen molar-refractivity contribution in [3.05, 3.63) is 17.5 Å². The van der Waals surface area contributed by atoms with Crippen LogP contribution < -0.4 is 9.47 Å². The summed E-state index contributed by atoms with van der Waals surface area (Å²) in [6.07, 6.45) is -10.2. The van der Waals surface area contributed by atoms with Crippen molar-refractivity contribution in [2.24, 2.45) is 0 Å². The normalized spacial score (nSPS) is 12.0. The minimum Gasteiger partial charge on any atom is -0.491 e. The van der Waals surface area contributed by atoms with Crippen molar-refractivity contribution in [3.63, 3.8) is 0 Å². The van der Waals surface area contributed by atoms with Crippen LogP contribution in [-0.2, 0) is 10.9 Å². The summed E-state index contributed by atoms with van der Waals surface area (Å²) < 4.78 is 87.1.